The summed E-state index contributed by atoms with van der Waals surface area (Å²) in [7, 11) is 1.59. The second-order valence-electron chi connectivity index (χ2n) is 4.74. The van der Waals surface area contributed by atoms with Gasteiger partial charge >= 0.3 is 0 Å². The van der Waals surface area contributed by atoms with E-state index in [1.165, 1.54) is 0 Å². The summed E-state index contributed by atoms with van der Waals surface area (Å²) in [5.74, 6) is 1.12. The molecule has 2 rings (SSSR count). The Labute approximate surface area is 156 Å². The summed E-state index contributed by atoms with van der Waals surface area (Å²) < 4.78 is 5.30. The van der Waals surface area contributed by atoms with Crippen LogP contribution >= 0.6 is 36.4 Å². The number of hydrazone groups is 1. The zero-order valence-corrected chi connectivity index (χ0v) is 15.7. The van der Waals surface area contributed by atoms with E-state index in [-0.39, 0.29) is 0 Å². The Bertz CT molecular complexity index is 750. The number of hydrogen-bond donors (Lipinski definition) is 3. The van der Waals surface area contributed by atoms with Crippen LogP contribution in [0.15, 0.2) is 41.6 Å². The summed E-state index contributed by atoms with van der Waals surface area (Å²) in [5, 5.41) is 7.86. The molecule has 24 heavy (non-hydrogen) atoms. The number of pyridine rings is 1. The van der Waals surface area contributed by atoms with E-state index in [0.717, 1.165) is 17.0 Å². The maximum absolute atomic E-state index is 6.02. The van der Waals surface area contributed by atoms with Crippen molar-refractivity contribution < 1.29 is 4.74 Å². The lowest BCUT2D eigenvalue weighted by Crippen LogP contribution is -2.13. The fraction of sp³-hybridized carbons (Fsp3) is 0.188. The number of aromatic nitrogens is 1. The Hall–Kier alpha value is -1.83. The molecule has 0 saturated carbocycles. The Morgan fingerprint density at radius 3 is 2.79 bits per heavy atom. The number of thiol groups is 1. The fourth-order valence-corrected chi connectivity index (χ4v) is 2.40. The molecule has 0 aliphatic heterocycles. The molecule has 0 saturated heterocycles. The van der Waals surface area contributed by atoms with E-state index in [0.29, 0.717) is 27.3 Å². The molecule has 0 aliphatic carbocycles. The summed E-state index contributed by atoms with van der Waals surface area (Å²) >= 11 is 15.5. The topological polar surface area (TPSA) is 58.5 Å². The van der Waals surface area contributed by atoms with Crippen molar-refractivity contribution in [3.05, 3.63) is 52.8 Å². The van der Waals surface area contributed by atoms with Crippen molar-refractivity contribution in [2.24, 2.45) is 5.10 Å². The number of nitrogens with one attached hydrogen (secondary N) is 2. The number of methoxy groups -OCH3 is 1. The van der Waals surface area contributed by atoms with Gasteiger partial charge in [-0.25, -0.2) is 0 Å². The lowest BCUT2D eigenvalue weighted by atomic mass is 10.2. The normalized spacial score (nSPS) is 11.1. The molecule has 1 heterocycles. The van der Waals surface area contributed by atoms with E-state index >= 15 is 0 Å². The molecular formula is C16H17ClN4OS2. The third kappa shape index (κ3) is 4.83. The largest absolute Gasteiger partial charge is 0.495 e. The molecule has 1 aromatic heterocycles. The predicted molar refractivity (Wildman–Crippen MR) is 107 cm³/mol. The summed E-state index contributed by atoms with van der Waals surface area (Å²) in [4.78, 5) is 4.90. The van der Waals surface area contributed by atoms with Crippen molar-refractivity contribution in [3.8, 4) is 5.75 Å². The van der Waals surface area contributed by atoms with Crippen LogP contribution in [0.25, 0.3) is 0 Å². The number of rotatable bonds is 6. The van der Waals surface area contributed by atoms with Gasteiger partial charge in [-0.05, 0) is 37.3 Å². The number of hydrogen-bond acceptors (Lipinski definition) is 6. The molecule has 5 nitrogen and oxygen atoms in total. The minimum Gasteiger partial charge on any atom is -0.495 e. The van der Waals surface area contributed by atoms with Crippen molar-refractivity contribution in [2.75, 3.05) is 18.3 Å². The van der Waals surface area contributed by atoms with E-state index in [2.05, 4.69) is 33.5 Å². The molecule has 0 atom stereocenters. The Morgan fingerprint density at radius 1 is 1.38 bits per heavy atom. The van der Waals surface area contributed by atoms with Crippen molar-refractivity contribution in [3.63, 3.8) is 0 Å². The van der Waals surface area contributed by atoms with Crippen LogP contribution in [0.4, 0.5) is 5.69 Å². The highest BCUT2D eigenvalue weighted by atomic mass is 35.5. The number of thiocarbonyl (C=S) groups is 1. The number of ether oxygens (including phenoxy) is 1. The Kier molecular flexibility index (Phi) is 6.84. The third-order valence-electron chi connectivity index (χ3n) is 3.12. The molecule has 0 amide bonds. The molecule has 1 aromatic carbocycles. The number of halogens is 1. The second kappa shape index (κ2) is 8.86. The Morgan fingerprint density at radius 2 is 2.17 bits per heavy atom. The Balaban J connectivity index is 2.15. The first kappa shape index (κ1) is 18.5. The highest BCUT2D eigenvalue weighted by Crippen LogP contribution is 2.28. The second-order valence-corrected chi connectivity index (χ2v) is 5.91. The van der Waals surface area contributed by atoms with Crippen molar-refractivity contribution >= 4 is 52.8 Å². The molecule has 126 valence electrons. The van der Waals surface area contributed by atoms with Crippen LogP contribution in [0, 0.1) is 0 Å². The first-order chi connectivity index (χ1) is 11.5. The van der Waals surface area contributed by atoms with Crippen molar-refractivity contribution in [2.45, 2.75) is 6.92 Å². The van der Waals surface area contributed by atoms with Crippen LogP contribution in [0.2, 0.25) is 5.02 Å². The van der Waals surface area contributed by atoms with Crippen LogP contribution in [0.1, 0.15) is 18.2 Å². The summed E-state index contributed by atoms with van der Waals surface area (Å²) in [5.41, 5.74) is 5.80. The summed E-state index contributed by atoms with van der Waals surface area (Å²) in [6, 6.07) is 9.04. The quantitative estimate of drug-likeness (QED) is 0.234. The number of benzene rings is 1. The molecule has 0 bridgehead atoms. The minimum absolute atomic E-state index is 0.463. The van der Waals surface area contributed by atoms with Crippen LogP contribution in [-0.4, -0.2) is 28.7 Å². The van der Waals surface area contributed by atoms with Gasteiger partial charge in [0.25, 0.3) is 0 Å². The molecule has 2 aromatic rings. The summed E-state index contributed by atoms with van der Waals surface area (Å²) in [6.45, 7) is 1.87. The molecular weight excluding hydrogens is 364 g/mol. The average Bonchev–Trinajstić information content (AvgIpc) is 2.60. The van der Waals surface area contributed by atoms with Gasteiger partial charge in [0.15, 0.2) is 0 Å². The van der Waals surface area contributed by atoms with Gasteiger partial charge in [0.1, 0.15) is 10.7 Å². The van der Waals surface area contributed by atoms with Gasteiger partial charge < -0.3 is 15.5 Å². The van der Waals surface area contributed by atoms with Gasteiger partial charge in [-0.2, -0.15) is 17.7 Å². The lowest BCUT2D eigenvalue weighted by Gasteiger charge is -2.12. The zero-order chi connectivity index (χ0) is 17.5. The third-order valence-corrected chi connectivity index (χ3v) is 3.84. The SMILES string of the molecule is COc1ccc(Cl)cc1NC(=S)c1ccc(C(C)=NNCS)nc1. The van der Waals surface area contributed by atoms with Gasteiger partial charge in [0.05, 0.1) is 30.1 Å². The van der Waals surface area contributed by atoms with Gasteiger partial charge in [-0.3, -0.25) is 4.98 Å². The van der Waals surface area contributed by atoms with E-state index in [1.54, 1.807) is 31.5 Å². The van der Waals surface area contributed by atoms with Gasteiger partial charge in [-0.15, -0.1) is 0 Å². The molecule has 0 radical (unpaired) electrons. The molecule has 0 spiro atoms. The lowest BCUT2D eigenvalue weighted by molar-refractivity contribution is 0.417. The first-order valence-electron chi connectivity index (χ1n) is 7.04. The van der Waals surface area contributed by atoms with Crippen molar-refractivity contribution in [1.29, 1.82) is 0 Å². The summed E-state index contributed by atoms with van der Waals surface area (Å²) in [6.07, 6.45) is 1.70. The highest BCUT2D eigenvalue weighted by molar-refractivity contribution is 7.81. The van der Waals surface area contributed by atoms with Gasteiger partial charge in [0, 0.05) is 16.8 Å². The minimum atomic E-state index is 0.463. The van der Waals surface area contributed by atoms with Crippen molar-refractivity contribution in [1.82, 2.24) is 10.4 Å². The molecule has 0 aliphatic rings. The highest BCUT2D eigenvalue weighted by Gasteiger charge is 2.09. The number of nitrogens with zero attached hydrogens (tertiary/aromatic N) is 2. The average molecular weight is 381 g/mol. The van der Waals surface area contributed by atoms with Crippen LogP contribution in [0.5, 0.6) is 5.75 Å². The zero-order valence-electron chi connectivity index (χ0n) is 13.2. The van der Waals surface area contributed by atoms with E-state index in [1.807, 2.05) is 19.1 Å². The van der Waals surface area contributed by atoms with Gasteiger partial charge in [-0.1, -0.05) is 23.8 Å². The molecule has 8 heteroatoms. The maximum Gasteiger partial charge on any atom is 0.142 e. The van der Waals surface area contributed by atoms with Crippen LogP contribution in [0.3, 0.4) is 0 Å². The van der Waals surface area contributed by atoms with E-state index < -0.39 is 0 Å². The van der Waals surface area contributed by atoms with Crippen LogP contribution < -0.4 is 15.5 Å². The van der Waals surface area contributed by atoms with Crippen LogP contribution in [-0.2, 0) is 0 Å². The molecule has 2 N–H and O–H groups in total. The molecule has 0 fully saturated rings. The van der Waals surface area contributed by atoms with Gasteiger partial charge in [0.2, 0.25) is 0 Å². The van der Waals surface area contributed by atoms with E-state index in [4.69, 9.17) is 28.6 Å². The monoisotopic (exact) mass is 380 g/mol. The standard InChI is InChI=1S/C16H17ClN4OS2/c1-10(21-19-9-23)13-5-3-11(8-18-13)16(24)20-14-7-12(17)4-6-15(14)22-2/h3-8,19,23H,9H2,1-2H3,(H,20,24). The molecule has 0 unspecified atom stereocenters. The van der Waals surface area contributed by atoms with E-state index in [9.17, 15) is 0 Å². The number of anilines is 1. The fourth-order valence-electron chi connectivity index (χ4n) is 1.93. The predicted octanol–water partition coefficient (Wildman–Crippen LogP) is 3.73. The first-order valence-corrected chi connectivity index (χ1v) is 8.46. The maximum atomic E-state index is 6.02. The smallest absolute Gasteiger partial charge is 0.142 e.